The van der Waals surface area contributed by atoms with Gasteiger partial charge in [0.2, 0.25) is 0 Å². The number of hydrogen-bond acceptors (Lipinski definition) is 6. The van der Waals surface area contributed by atoms with E-state index < -0.39 is 29.0 Å². The zero-order chi connectivity index (χ0) is 26.7. The van der Waals surface area contributed by atoms with Gasteiger partial charge in [-0.2, -0.15) is 26.3 Å². The Morgan fingerprint density at radius 1 is 0.833 bits per heavy atom. The molecule has 0 aliphatic carbocycles. The highest BCUT2D eigenvalue weighted by molar-refractivity contribution is 7.16. The van der Waals surface area contributed by atoms with Crippen LogP contribution in [0.4, 0.5) is 32.2 Å². The van der Waals surface area contributed by atoms with Crippen molar-refractivity contribution in [1.82, 2.24) is 9.88 Å². The maximum absolute atomic E-state index is 12.7. The van der Waals surface area contributed by atoms with Crippen LogP contribution >= 0.6 is 11.3 Å². The average molecular weight is 533 g/mol. The number of Topliss-reactive ketones (excluding diaryl/α,β-unsaturated/α-hetero) is 1. The van der Waals surface area contributed by atoms with E-state index in [4.69, 9.17) is 9.90 Å². The smallest absolute Gasteiger partial charge is 0.475 e. The van der Waals surface area contributed by atoms with E-state index in [1.165, 1.54) is 6.07 Å². The molecule has 0 saturated carbocycles. The van der Waals surface area contributed by atoms with Crippen LogP contribution in [0.2, 0.25) is 0 Å². The van der Waals surface area contributed by atoms with Crippen LogP contribution in [0, 0.1) is 0 Å². The fourth-order valence-corrected chi connectivity index (χ4v) is 4.28. The second-order valence-electron chi connectivity index (χ2n) is 7.43. The number of anilines is 1. The van der Waals surface area contributed by atoms with Crippen molar-refractivity contribution in [3.05, 3.63) is 58.4 Å². The Bertz CT molecular complexity index is 1260. The summed E-state index contributed by atoms with van der Waals surface area (Å²) in [7, 11) is 0. The topological polar surface area (TPSA) is 90.8 Å². The summed E-state index contributed by atoms with van der Waals surface area (Å²) in [5.41, 5.74) is 0. The number of alkyl halides is 6. The highest BCUT2D eigenvalue weighted by Crippen LogP contribution is 2.28. The average Bonchev–Trinajstić information content (AvgIpc) is 3.32. The second kappa shape index (κ2) is 10.5. The maximum atomic E-state index is 12.7. The Kier molecular flexibility index (Phi) is 7.86. The predicted octanol–water partition coefficient (Wildman–Crippen LogP) is 4.64. The van der Waals surface area contributed by atoms with Gasteiger partial charge in [0.15, 0.2) is 0 Å². The lowest BCUT2D eigenvalue weighted by molar-refractivity contribution is -0.192. The number of pyridine rings is 1. The van der Waals surface area contributed by atoms with Crippen LogP contribution in [-0.4, -0.2) is 71.2 Å². The van der Waals surface area contributed by atoms with E-state index in [1.54, 1.807) is 11.1 Å². The minimum absolute atomic E-state index is 0.134. The van der Waals surface area contributed by atoms with Gasteiger partial charge < -0.3 is 14.9 Å². The van der Waals surface area contributed by atoms with E-state index in [2.05, 4.69) is 9.88 Å². The second-order valence-corrected chi connectivity index (χ2v) is 8.51. The number of aliphatic carboxylic acids is 1. The number of fused-ring (bicyclic) bond motifs is 1. The molecule has 3 aromatic rings. The molecule has 1 aliphatic rings. The number of carbonyl (C=O) groups is 3. The molecule has 0 radical (unpaired) electrons. The molecule has 7 nitrogen and oxygen atoms in total. The Hall–Kier alpha value is -3.68. The van der Waals surface area contributed by atoms with Gasteiger partial charge in [-0.1, -0.05) is 24.3 Å². The first kappa shape index (κ1) is 26.9. The number of ketones is 1. The Labute approximate surface area is 203 Å². The molecule has 0 unspecified atom stereocenters. The first-order chi connectivity index (χ1) is 16.8. The van der Waals surface area contributed by atoms with Gasteiger partial charge in [0.05, 0.1) is 9.75 Å². The van der Waals surface area contributed by atoms with Crippen LogP contribution in [0.1, 0.15) is 19.3 Å². The molecule has 0 spiro atoms. The molecule has 1 N–H and O–H groups in total. The SMILES string of the molecule is O=C(O)C(F)(F)F.O=C(c1ccc(C(=O)C(F)(F)F)s1)N1CCN(c2nccc3ccccc23)CC1. The molecule has 36 heavy (non-hydrogen) atoms. The van der Waals surface area contributed by atoms with Crippen molar-refractivity contribution in [3.8, 4) is 0 Å². The van der Waals surface area contributed by atoms with Crippen molar-refractivity contribution in [3.63, 3.8) is 0 Å². The van der Waals surface area contributed by atoms with Gasteiger partial charge in [0.25, 0.3) is 11.7 Å². The number of carbonyl (C=O) groups excluding carboxylic acids is 2. The Morgan fingerprint density at radius 2 is 1.42 bits per heavy atom. The van der Waals surface area contributed by atoms with E-state index >= 15 is 0 Å². The number of hydrogen-bond donors (Lipinski definition) is 1. The van der Waals surface area contributed by atoms with Crippen molar-refractivity contribution >= 4 is 45.6 Å². The first-order valence-electron chi connectivity index (χ1n) is 10.2. The van der Waals surface area contributed by atoms with Gasteiger partial charge in [0, 0.05) is 37.8 Å². The van der Waals surface area contributed by atoms with Crippen LogP contribution < -0.4 is 4.90 Å². The molecule has 0 atom stereocenters. The minimum atomic E-state index is -5.08. The van der Waals surface area contributed by atoms with Crippen LogP contribution in [-0.2, 0) is 4.79 Å². The summed E-state index contributed by atoms with van der Waals surface area (Å²) in [6.45, 7) is 1.97. The summed E-state index contributed by atoms with van der Waals surface area (Å²) >= 11 is 0.582. The molecule has 1 aliphatic heterocycles. The standard InChI is InChI=1S/C20H16F3N3O2S.C2HF3O2/c21-20(22,23)17(27)15-5-6-16(29-15)19(28)26-11-9-25(10-12-26)18-14-4-2-1-3-13(14)7-8-24-18;3-2(4,5)1(6)7/h1-8H,9-12H2;(H,6,7). The third-order valence-corrected chi connectivity index (χ3v) is 6.13. The molecular formula is C22H17F6N3O4S. The number of benzene rings is 1. The fraction of sp³-hybridized carbons (Fsp3) is 0.273. The highest BCUT2D eigenvalue weighted by Gasteiger charge is 2.40. The summed E-state index contributed by atoms with van der Waals surface area (Å²) < 4.78 is 69.4. The lowest BCUT2D eigenvalue weighted by Crippen LogP contribution is -2.49. The number of amides is 1. The Balaban J connectivity index is 0.000000454. The monoisotopic (exact) mass is 533 g/mol. The van der Waals surface area contributed by atoms with E-state index in [1.807, 2.05) is 30.3 Å². The number of nitrogens with zero attached hydrogens (tertiary/aromatic N) is 3. The van der Waals surface area contributed by atoms with Gasteiger partial charge in [-0.05, 0) is 23.6 Å². The molecule has 1 amide bonds. The minimum Gasteiger partial charge on any atom is -0.475 e. The van der Waals surface area contributed by atoms with Gasteiger partial charge in [-0.25, -0.2) is 9.78 Å². The molecule has 2 aromatic heterocycles. The molecule has 3 heterocycles. The maximum Gasteiger partial charge on any atom is 0.490 e. The number of aromatic nitrogens is 1. The number of thiophene rings is 1. The number of carboxylic acid groups (broad SMARTS) is 1. The van der Waals surface area contributed by atoms with Crippen molar-refractivity contribution in [1.29, 1.82) is 0 Å². The van der Waals surface area contributed by atoms with E-state index in [0.29, 0.717) is 37.5 Å². The lowest BCUT2D eigenvalue weighted by atomic mass is 10.1. The molecule has 14 heteroatoms. The number of carboxylic acids is 1. The van der Waals surface area contributed by atoms with Crippen LogP contribution in [0.25, 0.3) is 10.8 Å². The van der Waals surface area contributed by atoms with Crippen molar-refractivity contribution in [2.45, 2.75) is 12.4 Å². The molecule has 1 saturated heterocycles. The summed E-state index contributed by atoms with van der Waals surface area (Å²) in [6.07, 6.45) is -8.28. The van der Waals surface area contributed by atoms with E-state index in [-0.39, 0.29) is 10.8 Å². The third-order valence-electron chi connectivity index (χ3n) is 5.06. The Morgan fingerprint density at radius 3 is 2.00 bits per heavy atom. The van der Waals surface area contributed by atoms with Crippen LogP contribution in [0.15, 0.2) is 48.7 Å². The molecule has 0 bridgehead atoms. The van der Waals surface area contributed by atoms with Crippen LogP contribution in [0.5, 0.6) is 0 Å². The zero-order valence-electron chi connectivity index (χ0n) is 18.1. The first-order valence-corrected chi connectivity index (χ1v) is 11.0. The summed E-state index contributed by atoms with van der Waals surface area (Å²) in [5, 5.41) is 9.24. The number of halogens is 6. The molecular weight excluding hydrogens is 516 g/mol. The van der Waals surface area contributed by atoms with Gasteiger partial charge in [0.1, 0.15) is 5.82 Å². The van der Waals surface area contributed by atoms with E-state index in [0.717, 1.165) is 22.7 Å². The van der Waals surface area contributed by atoms with E-state index in [9.17, 15) is 35.9 Å². The predicted molar refractivity (Wildman–Crippen MR) is 118 cm³/mol. The van der Waals surface area contributed by atoms with Crippen LogP contribution in [0.3, 0.4) is 0 Å². The van der Waals surface area contributed by atoms with Crippen molar-refractivity contribution in [2.75, 3.05) is 31.1 Å². The van der Waals surface area contributed by atoms with Crippen molar-refractivity contribution in [2.24, 2.45) is 0 Å². The summed E-state index contributed by atoms with van der Waals surface area (Å²) in [5.74, 6) is -4.19. The zero-order valence-corrected chi connectivity index (χ0v) is 19.0. The third kappa shape index (κ3) is 6.30. The summed E-state index contributed by atoms with van der Waals surface area (Å²) in [6, 6.07) is 12.2. The van der Waals surface area contributed by atoms with Crippen molar-refractivity contribution < 1.29 is 45.8 Å². The largest absolute Gasteiger partial charge is 0.490 e. The normalized spacial score (nSPS) is 14.3. The summed E-state index contributed by atoms with van der Waals surface area (Å²) in [4.78, 5) is 40.7. The van der Waals surface area contributed by atoms with Gasteiger partial charge >= 0.3 is 18.3 Å². The fourth-order valence-electron chi connectivity index (χ4n) is 3.35. The highest BCUT2D eigenvalue weighted by atomic mass is 32.1. The lowest BCUT2D eigenvalue weighted by Gasteiger charge is -2.35. The molecule has 192 valence electrons. The number of piperazine rings is 1. The molecule has 4 rings (SSSR count). The van der Waals surface area contributed by atoms with Gasteiger partial charge in [-0.3, -0.25) is 9.59 Å². The number of rotatable bonds is 3. The molecule has 1 fully saturated rings. The quantitative estimate of drug-likeness (QED) is 0.390. The molecule has 1 aromatic carbocycles. The van der Waals surface area contributed by atoms with Gasteiger partial charge in [-0.15, -0.1) is 11.3 Å².